The molecule has 0 bridgehead atoms. The molecule has 0 aromatic heterocycles. The second-order valence-electron chi connectivity index (χ2n) is 4.45. The number of amides is 1. The lowest BCUT2D eigenvalue weighted by molar-refractivity contribution is -0.117. The largest absolute Gasteiger partial charge is 0.326 e. The smallest absolute Gasteiger partial charge is 0.240 e. The van der Waals surface area contributed by atoms with Gasteiger partial charge in [-0.05, 0) is 44.5 Å². The molecule has 1 amide bonds. The summed E-state index contributed by atoms with van der Waals surface area (Å²) in [7, 11) is -2.13. The van der Waals surface area contributed by atoms with E-state index < -0.39 is 10.0 Å². The van der Waals surface area contributed by atoms with Crippen LogP contribution in [-0.4, -0.2) is 21.4 Å². The molecule has 0 radical (unpaired) electrons. The zero-order chi connectivity index (χ0) is 13.3. The van der Waals surface area contributed by atoms with Crippen LogP contribution in [0.3, 0.4) is 0 Å². The highest BCUT2D eigenvalue weighted by Gasteiger charge is 2.29. The van der Waals surface area contributed by atoms with Crippen LogP contribution in [0.4, 0.5) is 5.69 Å². The van der Waals surface area contributed by atoms with E-state index in [-0.39, 0.29) is 16.7 Å². The molecule has 1 aromatic carbocycles. The lowest BCUT2D eigenvalue weighted by Gasteiger charge is -2.10. The van der Waals surface area contributed by atoms with Gasteiger partial charge in [0.1, 0.15) is 0 Å². The Kier molecular flexibility index (Phi) is 3.41. The van der Waals surface area contributed by atoms with E-state index in [2.05, 4.69) is 10.0 Å². The molecule has 18 heavy (non-hydrogen) atoms. The predicted octanol–water partition coefficient (Wildman–Crippen LogP) is 1.25. The molecule has 1 aliphatic rings. The van der Waals surface area contributed by atoms with Crippen LogP contribution in [0.25, 0.3) is 0 Å². The van der Waals surface area contributed by atoms with Crippen LogP contribution >= 0.6 is 0 Å². The quantitative estimate of drug-likeness (QED) is 0.863. The van der Waals surface area contributed by atoms with E-state index in [4.69, 9.17) is 0 Å². The molecule has 1 saturated carbocycles. The standard InChI is InChI=1S/C12H16N2O3S/c1-8-3-6-10(14-12(15)9-4-5-9)7-11(8)18(16,17)13-2/h3,6-7,9,13H,4-5H2,1-2H3,(H,14,15). The number of hydrogen-bond acceptors (Lipinski definition) is 3. The van der Waals surface area contributed by atoms with Crippen LogP contribution in [0.15, 0.2) is 23.1 Å². The molecule has 0 heterocycles. The van der Waals surface area contributed by atoms with Gasteiger partial charge in [0.25, 0.3) is 0 Å². The average molecular weight is 268 g/mol. The van der Waals surface area contributed by atoms with Crippen molar-refractivity contribution >= 4 is 21.6 Å². The van der Waals surface area contributed by atoms with Crippen molar-refractivity contribution in [1.82, 2.24) is 4.72 Å². The molecule has 0 saturated heterocycles. The summed E-state index contributed by atoms with van der Waals surface area (Å²) in [4.78, 5) is 11.8. The van der Waals surface area contributed by atoms with Gasteiger partial charge in [0.15, 0.2) is 0 Å². The number of benzene rings is 1. The molecular weight excluding hydrogens is 252 g/mol. The van der Waals surface area contributed by atoms with Crippen molar-refractivity contribution in [3.05, 3.63) is 23.8 Å². The highest BCUT2D eigenvalue weighted by atomic mass is 32.2. The lowest BCUT2D eigenvalue weighted by atomic mass is 10.2. The van der Waals surface area contributed by atoms with Crippen molar-refractivity contribution in [3.8, 4) is 0 Å². The van der Waals surface area contributed by atoms with E-state index in [0.29, 0.717) is 11.3 Å². The Morgan fingerprint density at radius 2 is 2.00 bits per heavy atom. The first-order valence-corrected chi connectivity index (χ1v) is 7.27. The molecular formula is C12H16N2O3S. The number of carbonyl (C=O) groups excluding carboxylic acids is 1. The third-order valence-corrected chi connectivity index (χ3v) is 4.52. The summed E-state index contributed by atoms with van der Waals surface area (Å²) >= 11 is 0. The first-order valence-electron chi connectivity index (χ1n) is 5.79. The Labute approximate surface area is 107 Å². The first kappa shape index (κ1) is 13.0. The van der Waals surface area contributed by atoms with E-state index in [1.54, 1.807) is 19.1 Å². The summed E-state index contributed by atoms with van der Waals surface area (Å²) < 4.78 is 25.8. The SMILES string of the molecule is CNS(=O)(=O)c1cc(NC(=O)C2CC2)ccc1C. The van der Waals surface area contributed by atoms with Crippen LogP contribution in [0.1, 0.15) is 18.4 Å². The zero-order valence-electron chi connectivity index (χ0n) is 10.4. The number of nitrogens with one attached hydrogen (secondary N) is 2. The fourth-order valence-electron chi connectivity index (χ4n) is 1.67. The Bertz CT molecular complexity index is 577. The summed E-state index contributed by atoms with van der Waals surface area (Å²) in [6.45, 7) is 1.72. The summed E-state index contributed by atoms with van der Waals surface area (Å²) in [6, 6.07) is 4.89. The summed E-state index contributed by atoms with van der Waals surface area (Å²) in [5.74, 6) is 0.0577. The lowest BCUT2D eigenvalue weighted by Crippen LogP contribution is -2.20. The molecule has 0 unspecified atom stereocenters. The molecule has 0 aliphatic heterocycles. The molecule has 0 atom stereocenters. The fourth-order valence-corrected chi connectivity index (χ4v) is 2.66. The van der Waals surface area contributed by atoms with E-state index >= 15 is 0 Å². The number of rotatable bonds is 4. The molecule has 1 fully saturated rings. The van der Waals surface area contributed by atoms with Crippen molar-refractivity contribution in [1.29, 1.82) is 0 Å². The predicted molar refractivity (Wildman–Crippen MR) is 68.8 cm³/mol. The molecule has 2 N–H and O–H groups in total. The molecule has 1 aromatic rings. The van der Waals surface area contributed by atoms with Crippen LogP contribution in [0, 0.1) is 12.8 Å². The maximum absolute atomic E-state index is 11.8. The monoisotopic (exact) mass is 268 g/mol. The van der Waals surface area contributed by atoms with E-state index in [0.717, 1.165) is 12.8 Å². The van der Waals surface area contributed by atoms with Gasteiger partial charge in [0.2, 0.25) is 15.9 Å². The molecule has 0 spiro atoms. The fraction of sp³-hybridized carbons (Fsp3) is 0.417. The van der Waals surface area contributed by atoms with Gasteiger partial charge in [-0.1, -0.05) is 6.07 Å². The summed E-state index contributed by atoms with van der Waals surface area (Å²) in [6.07, 6.45) is 1.83. The highest BCUT2D eigenvalue weighted by molar-refractivity contribution is 7.89. The molecule has 5 nitrogen and oxygen atoms in total. The first-order chi connectivity index (χ1) is 8.44. The third-order valence-electron chi connectivity index (χ3n) is 2.96. The van der Waals surface area contributed by atoms with E-state index in [1.165, 1.54) is 13.1 Å². The van der Waals surface area contributed by atoms with Gasteiger partial charge in [0, 0.05) is 11.6 Å². The maximum Gasteiger partial charge on any atom is 0.240 e. The number of sulfonamides is 1. The van der Waals surface area contributed by atoms with Gasteiger partial charge < -0.3 is 5.32 Å². The molecule has 1 aliphatic carbocycles. The van der Waals surface area contributed by atoms with Gasteiger partial charge in [0.05, 0.1) is 4.90 Å². The molecule has 6 heteroatoms. The highest BCUT2D eigenvalue weighted by Crippen LogP contribution is 2.30. The second kappa shape index (κ2) is 4.70. The Hall–Kier alpha value is -1.40. The zero-order valence-corrected chi connectivity index (χ0v) is 11.2. The van der Waals surface area contributed by atoms with Gasteiger partial charge in [-0.25, -0.2) is 13.1 Å². The van der Waals surface area contributed by atoms with Gasteiger partial charge in [-0.3, -0.25) is 4.79 Å². The maximum atomic E-state index is 11.8. The Balaban J connectivity index is 2.28. The summed E-state index contributed by atoms with van der Waals surface area (Å²) in [5, 5.41) is 2.74. The minimum atomic E-state index is -3.49. The number of anilines is 1. The number of aryl methyl sites for hydroxylation is 1. The minimum Gasteiger partial charge on any atom is -0.326 e. The van der Waals surface area contributed by atoms with Crippen molar-refractivity contribution in [2.24, 2.45) is 5.92 Å². The van der Waals surface area contributed by atoms with Crippen molar-refractivity contribution < 1.29 is 13.2 Å². The number of hydrogen-bond donors (Lipinski definition) is 2. The second-order valence-corrected chi connectivity index (χ2v) is 6.31. The van der Waals surface area contributed by atoms with Crippen LogP contribution in [0.2, 0.25) is 0 Å². The van der Waals surface area contributed by atoms with Crippen LogP contribution in [-0.2, 0) is 14.8 Å². The van der Waals surface area contributed by atoms with Gasteiger partial charge in [-0.2, -0.15) is 0 Å². The molecule has 2 rings (SSSR count). The third kappa shape index (κ3) is 2.70. The molecule has 98 valence electrons. The van der Waals surface area contributed by atoms with E-state index in [9.17, 15) is 13.2 Å². The topological polar surface area (TPSA) is 75.3 Å². The van der Waals surface area contributed by atoms with Gasteiger partial charge in [-0.15, -0.1) is 0 Å². The van der Waals surface area contributed by atoms with Crippen LogP contribution < -0.4 is 10.0 Å². The van der Waals surface area contributed by atoms with Crippen molar-refractivity contribution in [3.63, 3.8) is 0 Å². The van der Waals surface area contributed by atoms with E-state index in [1.807, 2.05) is 0 Å². The summed E-state index contributed by atoms with van der Waals surface area (Å²) in [5.41, 5.74) is 1.17. The van der Waals surface area contributed by atoms with Crippen molar-refractivity contribution in [2.45, 2.75) is 24.7 Å². The average Bonchev–Trinajstić information content (AvgIpc) is 3.15. The Morgan fingerprint density at radius 1 is 1.33 bits per heavy atom. The van der Waals surface area contributed by atoms with Crippen molar-refractivity contribution in [2.75, 3.05) is 12.4 Å². The van der Waals surface area contributed by atoms with Crippen LogP contribution in [0.5, 0.6) is 0 Å². The Morgan fingerprint density at radius 3 is 2.56 bits per heavy atom. The normalized spacial score (nSPS) is 15.4. The van der Waals surface area contributed by atoms with Gasteiger partial charge >= 0.3 is 0 Å². The number of carbonyl (C=O) groups is 1. The minimum absolute atomic E-state index is 0.0355.